The third kappa shape index (κ3) is 4.34. The van der Waals surface area contributed by atoms with Crippen molar-refractivity contribution in [3.63, 3.8) is 0 Å². The van der Waals surface area contributed by atoms with E-state index in [1.165, 1.54) is 30.3 Å². The van der Waals surface area contributed by atoms with Gasteiger partial charge in [0.2, 0.25) is 11.8 Å². The van der Waals surface area contributed by atoms with Crippen molar-refractivity contribution in [3.05, 3.63) is 78.1 Å². The molecule has 4 rings (SSSR count). The maximum Gasteiger partial charge on any atom is 0.336 e. The van der Waals surface area contributed by atoms with Gasteiger partial charge in [0.1, 0.15) is 11.6 Å². The van der Waals surface area contributed by atoms with E-state index in [4.69, 9.17) is 14.7 Å². The van der Waals surface area contributed by atoms with E-state index in [1.807, 2.05) is 29.9 Å². The number of hydrogen-bond acceptors (Lipinski definition) is 7. The number of carboxylic acids is 1. The maximum absolute atomic E-state index is 11.6. The van der Waals surface area contributed by atoms with E-state index < -0.39 is 5.97 Å². The van der Waals surface area contributed by atoms with E-state index in [9.17, 15) is 15.0 Å². The van der Waals surface area contributed by atoms with Crippen LogP contribution < -0.4 is 9.47 Å². The molecule has 0 aliphatic carbocycles. The molecule has 0 fully saturated rings. The number of ether oxygens (including phenoxy) is 2. The Balaban J connectivity index is 1.67. The Kier molecular flexibility index (Phi) is 5.42. The summed E-state index contributed by atoms with van der Waals surface area (Å²) < 4.78 is 13.2. The fraction of sp³-hybridized carbons (Fsp3) is 0.0435. The molecule has 2 aromatic carbocycles. The zero-order valence-electron chi connectivity index (χ0n) is 16.8. The van der Waals surface area contributed by atoms with Gasteiger partial charge < -0.3 is 24.3 Å². The van der Waals surface area contributed by atoms with Crippen LogP contribution in [0.3, 0.4) is 0 Å². The van der Waals surface area contributed by atoms with Crippen molar-refractivity contribution in [2.45, 2.75) is 0 Å². The summed E-state index contributed by atoms with van der Waals surface area (Å²) in [5.74, 6) is -0.462. The smallest absolute Gasteiger partial charge is 0.336 e. The van der Waals surface area contributed by atoms with Crippen LogP contribution in [0.2, 0.25) is 0 Å². The standard InChI is InChI=1S/C23H16N4O5/c1-27-8-7-25-22(27)15-3-2-4-17(10-15)31-20-11-16(23(29)30)12-21(26-20)32-19-9-14(13-24)5-6-18(19)28/h2-12,28H,1H3,(H,29,30). The number of phenolic OH excluding ortho intramolecular Hbond substituents is 1. The second-order valence-electron chi connectivity index (χ2n) is 6.73. The van der Waals surface area contributed by atoms with Gasteiger partial charge in [-0.05, 0) is 24.3 Å². The van der Waals surface area contributed by atoms with Gasteiger partial charge in [-0.25, -0.2) is 9.78 Å². The lowest BCUT2D eigenvalue weighted by molar-refractivity contribution is 0.0696. The van der Waals surface area contributed by atoms with E-state index in [1.54, 1.807) is 24.4 Å². The average Bonchev–Trinajstić information content (AvgIpc) is 3.21. The topological polar surface area (TPSA) is 130 Å². The number of pyridine rings is 1. The van der Waals surface area contributed by atoms with Crippen molar-refractivity contribution in [2.75, 3.05) is 0 Å². The molecule has 4 aromatic rings. The number of phenols is 1. The molecule has 2 N–H and O–H groups in total. The third-order valence-corrected chi connectivity index (χ3v) is 4.46. The molecule has 0 saturated carbocycles. The summed E-state index contributed by atoms with van der Waals surface area (Å²) in [6, 6.07) is 15.5. The van der Waals surface area contributed by atoms with Crippen LogP contribution in [0.5, 0.6) is 29.0 Å². The molecule has 0 spiro atoms. The van der Waals surface area contributed by atoms with Gasteiger partial charge in [-0.3, -0.25) is 0 Å². The van der Waals surface area contributed by atoms with Crippen LogP contribution in [0.1, 0.15) is 15.9 Å². The highest BCUT2D eigenvalue weighted by Gasteiger charge is 2.14. The molecule has 0 amide bonds. The number of carboxylic acid groups (broad SMARTS) is 1. The van der Waals surface area contributed by atoms with Crippen molar-refractivity contribution in [2.24, 2.45) is 7.05 Å². The van der Waals surface area contributed by atoms with Crippen molar-refractivity contribution < 1.29 is 24.5 Å². The lowest BCUT2D eigenvalue weighted by Crippen LogP contribution is -2.01. The number of rotatable bonds is 6. The molecular weight excluding hydrogens is 412 g/mol. The number of aromatic nitrogens is 3. The summed E-state index contributed by atoms with van der Waals surface area (Å²) in [7, 11) is 1.87. The Labute approximate surface area is 182 Å². The SMILES string of the molecule is Cn1ccnc1-c1cccc(Oc2cc(C(=O)O)cc(Oc3cc(C#N)ccc3O)n2)c1. The van der Waals surface area contributed by atoms with E-state index in [2.05, 4.69) is 9.97 Å². The highest BCUT2D eigenvalue weighted by molar-refractivity contribution is 5.88. The van der Waals surface area contributed by atoms with Gasteiger partial charge in [0.15, 0.2) is 11.5 Å². The summed E-state index contributed by atoms with van der Waals surface area (Å²) in [5.41, 5.74) is 0.940. The predicted molar refractivity (Wildman–Crippen MR) is 113 cm³/mol. The molecule has 32 heavy (non-hydrogen) atoms. The Hall–Kier alpha value is -4.84. The number of nitrogens with zero attached hydrogens (tertiary/aromatic N) is 4. The number of nitriles is 1. The zero-order valence-corrected chi connectivity index (χ0v) is 16.8. The van der Waals surface area contributed by atoms with Gasteiger partial charge in [0, 0.05) is 43.2 Å². The number of benzene rings is 2. The van der Waals surface area contributed by atoms with Crippen LogP contribution in [0.25, 0.3) is 11.4 Å². The molecule has 2 heterocycles. The number of carbonyl (C=O) groups is 1. The zero-order chi connectivity index (χ0) is 22.7. The predicted octanol–water partition coefficient (Wildman–Crippen LogP) is 4.34. The summed E-state index contributed by atoms with van der Waals surface area (Å²) in [6.45, 7) is 0. The summed E-state index contributed by atoms with van der Waals surface area (Å²) in [6.07, 6.45) is 3.50. The number of hydrogen-bond donors (Lipinski definition) is 2. The van der Waals surface area contributed by atoms with Crippen molar-refractivity contribution in [1.82, 2.24) is 14.5 Å². The molecule has 158 valence electrons. The van der Waals surface area contributed by atoms with Crippen molar-refractivity contribution >= 4 is 5.97 Å². The van der Waals surface area contributed by atoms with E-state index >= 15 is 0 Å². The first kappa shape index (κ1) is 20.4. The number of aryl methyl sites for hydroxylation is 1. The highest BCUT2D eigenvalue weighted by Crippen LogP contribution is 2.33. The van der Waals surface area contributed by atoms with Crippen molar-refractivity contribution in [3.8, 4) is 46.5 Å². The minimum atomic E-state index is -1.21. The summed E-state index contributed by atoms with van der Waals surface area (Å²) >= 11 is 0. The first-order chi connectivity index (χ1) is 15.4. The third-order valence-electron chi connectivity index (χ3n) is 4.46. The fourth-order valence-electron chi connectivity index (χ4n) is 2.95. The van der Waals surface area contributed by atoms with Crippen LogP contribution in [0.4, 0.5) is 0 Å². The molecule has 0 saturated heterocycles. The van der Waals surface area contributed by atoms with Gasteiger partial charge in [0.25, 0.3) is 0 Å². The van der Waals surface area contributed by atoms with Crippen LogP contribution in [0, 0.1) is 11.3 Å². The Morgan fingerprint density at radius 1 is 1.09 bits per heavy atom. The highest BCUT2D eigenvalue weighted by atomic mass is 16.5. The van der Waals surface area contributed by atoms with E-state index in [-0.39, 0.29) is 34.4 Å². The Bertz CT molecular complexity index is 1360. The number of imidazole rings is 1. The molecule has 0 atom stereocenters. The lowest BCUT2D eigenvalue weighted by atomic mass is 10.2. The fourth-order valence-corrected chi connectivity index (χ4v) is 2.95. The normalized spacial score (nSPS) is 10.4. The van der Waals surface area contributed by atoms with Gasteiger partial charge in [0.05, 0.1) is 17.2 Å². The second-order valence-corrected chi connectivity index (χ2v) is 6.73. The second kappa shape index (κ2) is 8.49. The molecule has 0 unspecified atom stereocenters. The minimum absolute atomic E-state index is 0.0205. The molecule has 0 bridgehead atoms. The lowest BCUT2D eigenvalue weighted by Gasteiger charge is -2.11. The summed E-state index contributed by atoms with van der Waals surface area (Å²) in [5, 5.41) is 28.5. The van der Waals surface area contributed by atoms with Gasteiger partial charge in [-0.2, -0.15) is 10.2 Å². The van der Waals surface area contributed by atoms with Gasteiger partial charge >= 0.3 is 5.97 Å². The average molecular weight is 428 g/mol. The first-order valence-electron chi connectivity index (χ1n) is 9.35. The number of aromatic hydroxyl groups is 1. The molecule has 0 radical (unpaired) electrons. The first-order valence-corrected chi connectivity index (χ1v) is 9.35. The summed E-state index contributed by atoms with van der Waals surface area (Å²) in [4.78, 5) is 20.1. The van der Waals surface area contributed by atoms with Crippen LogP contribution in [-0.4, -0.2) is 30.7 Å². The van der Waals surface area contributed by atoms with E-state index in [0.29, 0.717) is 5.75 Å². The molecule has 0 aliphatic heterocycles. The molecule has 0 aliphatic rings. The van der Waals surface area contributed by atoms with Gasteiger partial charge in [-0.15, -0.1) is 0 Å². The maximum atomic E-state index is 11.6. The van der Waals surface area contributed by atoms with Gasteiger partial charge in [-0.1, -0.05) is 12.1 Å². The Morgan fingerprint density at radius 2 is 1.88 bits per heavy atom. The molecule has 9 nitrogen and oxygen atoms in total. The quantitative estimate of drug-likeness (QED) is 0.464. The number of aromatic carboxylic acids is 1. The molecule has 2 aromatic heterocycles. The monoisotopic (exact) mass is 428 g/mol. The van der Waals surface area contributed by atoms with Crippen LogP contribution in [0.15, 0.2) is 67.0 Å². The van der Waals surface area contributed by atoms with Crippen LogP contribution in [-0.2, 0) is 7.05 Å². The molecular formula is C23H16N4O5. The van der Waals surface area contributed by atoms with Crippen molar-refractivity contribution in [1.29, 1.82) is 5.26 Å². The minimum Gasteiger partial charge on any atom is -0.504 e. The Morgan fingerprint density at radius 3 is 2.56 bits per heavy atom. The molecule has 9 heteroatoms. The van der Waals surface area contributed by atoms with Crippen LogP contribution >= 0.6 is 0 Å². The largest absolute Gasteiger partial charge is 0.504 e. The van der Waals surface area contributed by atoms with E-state index in [0.717, 1.165) is 11.4 Å².